The van der Waals surface area contributed by atoms with Crippen LogP contribution in [0, 0.1) is 12.7 Å². The van der Waals surface area contributed by atoms with Crippen LogP contribution in [0.4, 0.5) is 4.39 Å². The first-order valence-corrected chi connectivity index (χ1v) is 10.5. The third-order valence-electron chi connectivity index (χ3n) is 4.34. The summed E-state index contributed by atoms with van der Waals surface area (Å²) in [7, 11) is -3.51. The summed E-state index contributed by atoms with van der Waals surface area (Å²) in [5.74, 6) is -0.788. The molecule has 1 aliphatic heterocycles. The molecule has 2 aromatic rings. The van der Waals surface area contributed by atoms with E-state index in [0.29, 0.717) is 6.54 Å². The maximum absolute atomic E-state index is 14.0. The number of aryl methyl sites for hydroxylation is 1. The van der Waals surface area contributed by atoms with Crippen LogP contribution < -0.4 is 0 Å². The number of rotatable bonds is 3. The highest BCUT2D eigenvalue weighted by Gasteiger charge is 2.34. The Morgan fingerprint density at radius 1 is 1.36 bits per heavy atom. The molecule has 0 N–H and O–H groups in total. The lowest BCUT2D eigenvalue weighted by molar-refractivity contribution is -0.130. The molecule has 0 bridgehead atoms. The van der Waals surface area contributed by atoms with Gasteiger partial charge in [-0.1, -0.05) is 18.2 Å². The lowest BCUT2D eigenvalue weighted by Crippen LogP contribution is -2.34. The van der Waals surface area contributed by atoms with Crippen LogP contribution in [0.1, 0.15) is 27.1 Å². The molecule has 1 atom stereocenters. The molecular weight excluding hydrogens is 363 g/mol. The molecule has 25 heavy (non-hydrogen) atoms. The average molecular weight is 382 g/mol. The molecule has 0 saturated carbocycles. The molecule has 0 spiro atoms. The van der Waals surface area contributed by atoms with Gasteiger partial charge in [-0.3, -0.25) is 4.79 Å². The van der Waals surface area contributed by atoms with Crippen molar-refractivity contribution in [2.45, 2.75) is 25.0 Å². The zero-order valence-electron chi connectivity index (χ0n) is 13.8. The van der Waals surface area contributed by atoms with Crippen LogP contribution in [0.15, 0.2) is 30.5 Å². The van der Waals surface area contributed by atoms with E-state index >= 15 is 0 Å². The van der Waals surface area contributed by atoms with E-state index in [-0.39, 0.29) is 36.6 Å². The van der Waals surface area contributed by atoms with Crippen molar-refractivity contribution in [3.8, 4) is 0 Å². The quantitative estimate of drug-likeness (QED) is 0.818. The Morgan fingerprint density at radius 2 is 2.12 bits per heavy atom. The lowest BCUT2D eigenvalue weighted by Gasteiger charge is -2.19. The number of benzene rings is 1. The number of thiazole rings is 1. The smallest absolute Gasteiger partial charge is 0.227 e. The van der Waals surface area contributed by atoms with Crippen molar-refractivity contribution in [1.29, 1.82) is 0 Å². The van der Waals surface area contributed by atoms with Crippen molar-refractivity contribution in [3.05, 3.63) is 51.7 Å². The van der Waals surface area contributed by atoms with Gasteiger partial charge in [0.25, 0.3) is 0 Å². The summed E-state index contributed by atoms with van der Waals surface area (Å²) < 4.78 is 39.2. The summed E-state index contributed by atoms with van der Waals surface area (Å²) in [6, 6.07) is 5.95. The molecule has 0 radical (unpaired) electrons. The van der Waals surface area contributed by atoms with Gasteiger partial charge < -0.3 is 4.90 Å². The van der Waals surface area contributed by atoms with Gasteiger partial charge in [0.05, 0.1) is 22.4 Å². The van der Waals surface area contributed by atoms with Crippen molar-refractivity contribution < 1.29 is 17.6 Å². The van der Waals surface area contributed by atoms with Crippen LogP contribution in [0.5, 0.6) is 0 Å². The van der Waals surface area contributed by atoms with Crippen LogP contribution in [-0.4, -0.2) is 43.1 Å². The van der Waals surface area contributed by atoms with E-state index in [4.69, 9.17) is 0 Å². The summed E-state index contributed by atoms with van der Waals surface area (Å²) in [6.45, 7) is 2.31. The SMILES string of the molecule is Cc1ncc(CC(=O)N2CC[C@H](c3ccccc3F)S(=O)(=O)CC2)s1. The van der Waals surface area contributed by atoms with Crippen LogP contribution in [0.25, 0.3) is 0 Å². The van der Waals surface area contributed by atoms with E-state index in [9.17, 15) is 17.6 Å². The molecule has 0 unspecified atom stereocenters. The predicted molar refractivity (Wildman–Crippen MR) is 94.7 cm³/mol. The first kappa shape index (κ1) is 18.0. The number of sulfone groups is 1. The van der Waals surface area contributed by atoms with Crippen LogP contribution >= 0.6 is 11.3 Å². The molecule has 1 aromatic carbocycles. The number of carbonyl (C=O) groups is 1. The minimum absolute atomic E-state index is 0.118. The molecule has 1 fully saturated rings. The van der Waals surface area contributed by atoms with Gasteiger partial charge in [0.15, 0.2) is 9.84 Å². The lowest BCUT2D eigenvalue weighted by atomic mass is 10.1. The number of hydrogen-bond acceptors (Lipinski definition) is 5. The zero-order chi connectivity index (χ0) is 18.0. The number of carbonyl (C=O) groups excluding carboxylic acids is 1. The largest absolute Gasteiger partial charge is 0.341 e. The Hall–Kier alpha value is -1.80. The first-order chi connectivity index (χ1) is 11.9. The average Bonchev–Trinajstić information content (AvgIpc) is 2.88. The molecule has 3 rings (SSSR count). The van der Waals surface area contributed by atoms with Crippen molar-refractivity contribution in [2.24, 2.45) is 0 Å². The van der Waals surface area contributed by atoms with E-state index in [1.165, 1.54) is 29.5 Å². The standard InChI is InChI=1S/C17H19FN2O3S2/c1-12-19-11-13(24-12)10-17(21)20-7-6-16(25(22,23)9-8-20)14-4-2-3-5-15(14)18/h2-5,11,16H,6-10H2,1H3/t16-/m1/s1. The highest BCUT2D eigenvalue weighted by Crippen LogP contribution is 2.31. The molecule has 1 aliphatic rings. The zero-order valence-corrected chi connectivity index (χ0v) is 15.4. The second kappa shape index (κ2) is 7.21. The summed E-state index contributed by atoms with van der Waals surface area (Å²) in [6.07, 6.45) is 2.10. The van der Waals surface area contributed by atoms with Crippen molar-refractivity contribution in [3.63, 3.8) is 0 Å². The van der Waals surface area contributed by atoms with E-state index in [0.717, 1.165) is 9.88 Å². The third-order valence-corrected chi connectivity index (χ3v) is 7.36. The van der Waals surface area contributed by atoms with Crippen LogP contribution in [0.3, 0.4) is 0 Å². The summed E-state index contributed by atoms with van der Waals surface area (Å²) in [5.41, 5.74) is 0.190. The Balaban J connectivity index is 1.76. The Morgan fingerprint density at radius 3 is 2.80 bits per heavy atom. The first-order valence-electron chi connectivity index (χ1n) is 8.02. The molecule has 5 nitrogen and oxygen atoms in total. The summed E-state index contributed by atoms with van der Waals surface area (Å²) in [4.78, 5) is 19.0. The van der Waals surface area contributed by atoms with E-state index in [2.05, 4.69) is 4.98 Å². The number of amides is 1. The maximum atomic E-state index is 14.0. The second-order valence-electron chi connectivity index (χ2n) is 6.07. The van der Waals surface area contributed by atoms with Gasteiger partial charge in [-0.2, -0.15) is 0 Å². The Labute approximate surface area is 150 Å². The Bertz CT molecular complexity index is 880. The number of nitrogens with zero attached hydrogens (tertiary/aromatic N) is 2. The molecule has 0 aliphatic carbocycles. The predicted octanol–water partition coefficient (Wildman–Crippen LogP) is 2.52. The van der Waals surface area contributed by atoms with Crippen molar-refractivity contribution >= 4 is 27.1 Å². The van der Waals surface area contributed by atoms with Gasteiger partial charge in [-0.15, -0.1) is 11.3 Å². The van der Waals surface area contributed by atoms with Crippen molar-refractivity contribution in [1.82, 2.24) is 9.88 Å². The molecule has 1 aromatic heterocycles. The maximum Gasteiger partial charge on any atom is 0.227 e. The molecule has 134 valence electrons. The minimum atomic E-state index is -3.51. The van der Waals surface area contributed by atoms with E-state index < -0.39 is 20.9 Å². The number of hydrogen-bond donors (Lipinski definition) is 0. The highest BCUT2D eigenvalue weighted by molar-refractivity contribution is 7.91. The summed E-state index contributed by atoms with van der Waals surface area (Å²) >= 11 is 1.46. The number of aromatic nitrogens is 1. The summed E-state index contributed by atoms with van der Waals surface area (Å²) in [5, 5.41) is -0.0157. The monoisotopic (exact) mass is 382 g/mol. The topological polar surface area (TPSA) is 67.3 Å². The van der Waals surface area contributed by atoms with Gasteiger partial charge >= 0.3 is 0 Å². The Kier molecular flexibility index (Phi) is 5.19. The van der Waals surface area contributed by atoms with Crippen molar-refractivity contribution in [2.75, 3.05) is 18.8 Å². The second-order valence-corrected chi connectivity index (χ2v) is 9.69. The van der Waals surface area contributed by atoms with E-state index in [1.807, 2.05) is 6.92 Å². The molecule has 1 saturated heterocycles. The molecule has 2 heterocycles. The van der Waals surface area contributed by atoms with Gasteiger partial charge in [0, 0.05) is 29.7 Å². The van der Waals surface area contributed by atoms with Gasteiger partial charge in [0.1, 0.15) is 5.82 Å². The van der Waals surface area contributed by atoms with Crippen LogP contribution in [-0.2, 0) is 21.1 Å². The minimum Gasteiger partial charge on any atom is -0.341 e. The number of halogens is 1. The fourth-order valence-corrected chi connectivity index (χ4v) is 5.61. The third kappa shape index (κ3) is 4.07. The van der Waals surface area contributed by atoms with Gasteiger partial charge in [0.2, 0.25) is 5.91 Å². The highest BCUT2D eigenvalue weighted by atomic mass is 32.2. The van der Waals surface area contributed by atoms with Gasteiger partial charge in [-0.05, 0) is 19.4 Å². The normalized spacial score (nSPS) is 20.2. The van der Waals surface area contributed by atoms with E-state index in [1.54, 1.807) is 17.2 Å². The fraction of sp³-hybridized carbons (Fsp3) is 0.412. The molecular formula is C17H19FN2O3S2. The van der Waals surface area contributed by atoms with Gasteiger partial charge in [-0.25, -0.2) is 17.8 Å². The molecule has 1 amide bonds. The molecule has 8 heteroatoms. The van der Waals surface area contributed by atoms with Crippen LogP contribution in [0.2, 0.25) is 0 Å². The fourth-order valence-electron chi connectivity index (χ4n) is 3.03.